The average Bonchev–Trinajstić information content (AvgIpc) is 3.32. The van der Waals surface area contributed by atoms with Crippen LogP contribution in [-0.2, 0) is 11.2 Å². The number of nitrogens with zero attached hydrogens (tertiary/aromatic N) is 1. The molecule has 2 unspecified atom stereocenters. The first-order valence-corrected chi connectivity index (χ1v) is 11.7. The highest BCUT2D eigenvalue weighted by Crippen LogP contribution is 2.28. The van der Waals surface area contributed by atoms with Gasteiger partial charge in [0.25, 0.3) is 5.91 Å². The molecular formula is C28H30N4O3. The van der Waals surface area contributed by atoms with Gasteiger partial charge >= 0.3 is 5.97 Å². The summed E-state index contributed by atoms with van der Waals surface area (Å²) >= 11 is 0. The van der Waals surface area contributed by atoms with E-state index in [2.05, 4.69) is 65.5 Å². The van der Waals surface area contributed by atoms with Crippen molar-refractivity contribution in [3.63, 3.8) is 0 Å². The first kappa shape index (κ1) is 24.2. The zero-order valence-electron chi connectivity index (χ0n) is 19.9. The van der Waals surface area contributed by atoms with Crippen molar-refractivity contribution in [2.75, 3.05) is 6.54 Å². The smallest absolute Gasteiger partial charge is 0.320 e. The van der Waals surface area contributed by atoms with Crippen LogP contribution in [0.15, 0.2) is 73.1 Å². The molecular weight excluding hydrogens is 440 g/mol. The Bertz CT molecular complexity index is 1310. The number of carbonyl (C=O) groups excluding carboxylic acids is 1. The standard InChI is InChI=1S/C28H30N4O3/c1-17(2)23(15-30-27(33)21-5-3-18(4-6-21)13-24(29)28(34)35)20-9-7-19(8-10-20)22-11-12-25-26(14-22)32-16-31-25/h3-12,14,16-17,23-24H,13,15,29H2,1-2H3,(H,30,33)(H,31,32)(H,34,35). The van der Waals surface area contributed by atoms with E-state index in [4.69, 9.17) is 10.8 Å². The molecule has 0 saturated carbocycles. The minimum Gasteiger partial charge on any atom is -0.480 e. The highest BCUT2D eigenvalue weighted by Gasteiger charge is 2.18. The van der Waals surface area contributed by atoms with Gasteiger partial charge in [0.05, 0.1) is 17.4 Å². The van der Waals surface area contributed by atoms with Gasteiger partial charge in [0.1, 0.15) is 6.04 Å². The number of hydrogen-bond donors (Lipinski definition) is 4. The van der Waals surface area contributed by atoms with Crippen molar-refractivity contribution in [2.24, 2.45) is 11.7 Å². The Labute approximate surface area is 204 Å². The van der Waals surface area contributed by atoms with Crippen molar-refractivity contribution < 1.29 is 14.7 Å². The lowest BCUT2D eigenvalue weighted by atomic mass is 9.87. The third kappa shape index (κ3) is 5.75. The Hall–Kier alpha value is -3.97. The molecule has 0 spiro atoms. The fourth-order valence-electron chi connectivity index (χ4n) is 4.21. The van der Waals surface area contributed by atoms with Gasteiger partial charge in [-0.05, 0) is 58.9 Å². The molecule has 4 aromatic rings. The number of rotatable bonds is 9. The quantitative estimate of drug-likeness (QED) is 0.290. The van der Waals surface area contributed by atoms with E-state index in [1.54, 1.807) is 30.6 Å². The van der Waals surface area contributed by atoms with Crippen molar-refractivity contribution >= 4 is 22.9 Å². The number of nitrogens with one attached hydrogen (secondary N) is 2. The Morgan fingerprint density at radius 3 is 2.34 bits per heavy atom. The lowest BCUT2D eigenvalue weighted by Gasteiger charge is -2.22. The predicted octanol–water partition coefficient (Wildman–Crippen LogP) is 4.35. The number of benzene rings is 3. The van der Waals surface area contributed by atoms with Crippen LogP contribution in [0.4, 0.5) is 0 Å². The molecule has 0 fully saturated rings. The first-order valence-electron chi connectivity index (χ1n) is 11.7. The number of aromatic nitrogens is 2. The number of H-pyrrole nitrogens is 1. The zero-order chi connectivity index (χ0) is 24.9. The number of nitrogens with two attached hydrogens (primary N) is 1. The van der Waals surface area contributed by atoms with E-state index in [1.807, 2.05) is 6.07 Å². The van der Waals surface area contributed by atoms with E-state index in [1.165, 1.54) is 5.56 Å². The highest BCUT2D eigenvalue weighted by molar-refractivity contribution is 5.94. The summed E-state index contributed by atoms with van der Waals surface area (Å²) in [5.74, 6) is -0.703. The molecule has 0 aliphatic rings. The maximum atomic E-state index is 12.7. The largest absolute Gasteiger partial charge is 0.480 e. The monoisotopic (exact) mass is 470 g/mol. The van der Waals surface area contributed by atoms with Crippen LogP contribution in [-0.4, -0.2) is 39.5 Å². The third-order valence-corrected chi connectivity index (χ3v) is 6.37. The van der Waals surface area contributed by atoms with Crippen LogP contribution in [0.5, 0.6) is 0 Å². The van der Waals surface area contributed by atoms with Gasteiger partial charge in [-0.1, -0.05) is 56.3 Å². The van der Waals surface area contributed by atoms with E-state index in [-0.39, 0.29) is 18.2 Å². The molecule has 1 heterocycles. The molecule has 4 rings (SSSR count). The molecule has 0 radical (unpaired) electrons. The topological polar surface area (TPSA) is 121 Å². The van der Waals surface area contributed by atoms with Crippen LogP contribution in [0.25, 0.3) is 22.2 Å². The van der Waals surface area contributed by atoms with Crippen LogP contribution >= 0.6 is 0 Å². The lowest BCUT2D eigenvalue weighted by Crippen LogP contribution is -2.32. The second-order valence-electron chi connectivity index (χ2n) is 9.16. The summed E-state index contributed by atoms with van der Waals surface area (Å²) in [7, 11) is 0. The lowest BCUT2D eigenvalue weighted by molar-refractivity contribution is -0.138. The normalized spacial score (nSPS) is 13.0. The Morgan fingerprint density at radius 1 is 1.00 bits per heavy atom. The molecule has 0 saturated heterocycles. The maximum absolute atomic E-state index is 12.7. The van der Waals surface area contributed by atoms with Gasteiger partial charge < -0.3 is 21.1 Å². The summed E-state index contributed by atoms with van der Waals surface area (Å²) in [4.78, 5) is 31.1. The molecule has 0 bridgehead atoms. The van der Waals surface area contributed by atoms with Gasteiger partial charge in [-0.3, -0.25) is 9.59 Å². The predicted molar refractivity (Wildman–Crippen MR) is 137 cm³/mol. The number of aliphatic carboxylic acids is 1. The molecule has 3 aromatic carbocycles. The van der Waals surface area contributed by atoms with Gasteiger partial charge in [0.2, 0.25) is 0 Å². The Balaban J connectivity index is 1.40. The Morgan fingerprint density at radius 2 is 1.69 bits per heavy atom. The van der Waals surface area contributed by atoms with E-state index in [9.17, 15) is 9.59 Å². The van der Waals surface area contributed by atoms with Crippen molar-refractivity contribution in [1.29, 1.82) is 0 Å². The SMILES string of the molecule is CC(C)C(CNC(=O)c1ccc(CC(N)C(=O)O)cc1)c1ccc(-c2ccc3nc[nH]c3c2)cc1. The van der Waals surface area contributed by atoms with Gasteiger partial charge in [0, 0.05) is 18.0 Å². The minimum atomic E-state index is -1.04. The highest BCUT2D eigenvalue weighted by atomic mass is 16.4. The number of amides is 1. The van der Waals surface area contributed by atoms with Crippen LogP contribution in [0.2, 0.25) is 0 Å². The number of fused-ring (bicyclic) bond motifs is 1. The molecule has 0 aliphatic carbocycles. The molecule has 180 valence electrons. The number of carbonyl (C=O) groups is 2. The van der Waals surface area contributed by atoms with Gasteiger partial charge in [-0.25, -0.2) is 4.98 Å². The summed E-state index contributed by atoms with van der Waals surface area (Å²) in [5, 5.41) is 12.0. The summed E-state index contributed by atoms with van der Waals surface area (Å²) in [6.45, 7) is 4.82. The van der Waals surface area contributed by atoms with E-state index >= 15 is 0 Å². The second kappa shape index (κ2) is 10.5. The zero-order valence-corrected chi connectivity index (χ0v) is 19.9. The summed E-state index contributed by atoms with van der Waals surface area (Å²) in [5.41, 5.74) is 12.3. The third-order valence-electron chi connectivity index (χ3n) is 6.37. The first-order chi connectivity index (χ1) is 16.8. The molecule has 1 aromatic heterocycles. The Kier molecular flexibility index (Phi) is 7.27. The minimum absolute atomic E-state index is 0.158. The molecule has 1 amide bonds. The van der Waals surface area contributed by atoms with Gasteiger partial charge in [-0.15, -0.1) is 0 Å². The van der Waals surface area contributed by atoms with E-state index < -0.39 is 12.0 Å². The summed E-state index contributed by atoms with van der Waals surface area (Å²) in [6, 6.07) is 20.6. The van der Waals surface area contributed by atoms with Crippen LogP contribution < -0.4 is 11.1 Å². The van der Waals surface area contributed by atoms with Crippen molar-refractivity contribution in [3.05, 3.63) is 89.7 Å². The van der Waals surface area contributed by atoms with Crippen LogP contribution in [0, 0.1) is 5.92 Å². The maximum Gasteiger partial charge on any atom is 0.320 e. The molecule has 7 heteroatoms. The van der Waals surface area contributed by atoms with Gasteiger partial charge in [0.15, 0.2) is 0 Å². The number of aromatic amines is 1. The van der Waals surface area contributed by atoms with E-state index in [0.29, 0.717) is 18.0 Å². The number of imidazole rings is 1. The number of carboxylic acids is 1. The van der Waals surface area contributed by atoms with Gasteiger partial charge in [-0.2, -0.15) is 0 Å². The fourth-order valence-corrected chi connectivity index (χ4v) is 4.21. The van der Waals surface area contributed by atoms with Crippen LogP contribution in [0.3, 0.4) is 0 Å². The van der Waals surface area contributed by atoms with Crippen molar-refractivity contribution in [3.8, 4) is 11.1 Å². The summed E-state index contributed by atoms with van der Waals surface area (Å²) < 4.78 is 0. The average molecular weight is 471 g/mol. The second-order valence-corrected chi connectivity index (χ2v) is 9.16. The van der Waals surface area contributed by atoms with Crippen molar-refractivity contribution in [2.45, 2.75) is 32.2 Å². The fraction of sp³-hybridized carbons (Fsp3) is 0.250. The number of hydrogen-bond acceptors (Lipinski definition) is 4. The molecule has 0 aliphatic heterocycles. The van der Waals surface area contributed by atoms with Crippen LogP contribution in [0.1, 0.15) is 41.3 Å². The van der Waals surface area contributed by atoms with E-state index in [0.717, 1.165) is 27.7 Å². The number of carboxylic acid groups (broad SMARTS) is 1. The molecule has 7 nitrogen and oxygen atoms in total. The summed E-state index contributed by atoms with van der Waals surface area (Å²) in [6.07, 6.45) is 1.92. The molecule has 5 N–H and O–H groups in total. The molecule has 35 heavy (non-hydrogen) atoms. The molecule has 2 atom stereocenters. The van der Waals surface area contributed by atoms with Crippen molar-refractivity contribution in [1.82, 2.24) is 15.3 Å².